The summed E-state index contributed by atoms with van der Waals surface area (Å²) in [5, 5.41) is 0. The first-order chi connectivity index (χ1) is 10.8. The van der Waals surface area contributed by atoms with E-state index in [1.54, 1.807) is 32.0 Å². The number of anilines is 1. The Labute approximate surface area is 135 Å². The van der Waals surface area contributed by atoms with E-state index in [1.807, 2.05) is 0 Å². The first-order valence-electron chi connectivity index (χ1n) is 6.95. The predicted molar refractivity (Wildman–Crippen MR) is 86.0 cm³/mol. The fraction of sp³-hybridized carbons (Fsp3) is 0.250. The lowest BCUT2D eigenvalue weighted by Crippen LogP contribution is -2.14. The van der Waals surface area contributed by atoms with E-state index < -0.39 is 15.8 Å². The molecular formula is C16H18FNO4S. The Morgan fingerprint density at radius 1 is 1.13 bits per heavy atom. The van der Waals surface area contributed by atoms with Crippen LogP contribution in [0.15, 0.2) is 47.4 Å². The monoisotopic (exact) mass is 339 g/mol. The van der Waals surface area contributed by atoms with Gasteiger partial charge in [-0.3, -0.25) is 4.72 Å². The highest BCUT2D eigenvalue weighted by Gasteiger charge is 2.17. The van der Waals surface area contributed by atoms with Gasteiger partial charge in [0.05, 0.1) is 23.8 Å². The summed E-state index contributed by atoms with van der Waals surface area (Å²) < 4.78 is 51.3. The average Bonchev–Trinajstić information content (AvgIpc) is 2.48. The summed E-state index contributed by atoms with van der Waals surface area (Å²) in [6.45, 7) is 3.52. The Morgan fingerprint density at radius 2 is 1.87 bits per heavy atom. The number of hydrogen-bond acceptors (Lipinski definition) is 4. The average molecular weight is 339 g/mol. The maximum atomic E-state index is 14.0. The van der Waals surface area contributed by atoms with Crippen LogP contribution in [-0.4, -0.2) is 21.6 Å². The van der Waals surface area contributed by atoms with Gasteiger partial charge in [-0.25, -0.2) is 12.8 Å². The summed E-state index contributed by atoms with van der Waals surface area (Å²) in [5.74, 6) is -0.204. The van der Waals surface area contributed by atoms with Crippen LogP contribution >= 0.6 is 0 Å². The van der Waals surface area contributed by atoms with Crippen LogP contribution in [0.2, 0.25) is 0 Å². The molecule has 0 aliphatic carbocycles. The lowest BCUT2D eigenvalue weighted by molar-refractivity contribution is 0.231. The second-order valence-corrected chi connectivity index (χ2v) is 6.78. The quantitative estimate of drug-likeness (QED) is 0.876. The number of rotatable bonds is 6. The van der Waals surface area contributed by atoms with Crippen LogP contribution in [-0.2, 0) is 10.0 Å². The molecule has 2 rings (SSSR count). The maximum absolute atomic E-state index is 14.0. The fourth-order valence-electron chi connectivity index (χ4n) is 1.90. The minimum Gasteiger partial charge on any atom is -0.497 e. The highest BCUT2D eigenvalue weighted by molar-refractivity contribution is 7.92. The van der Waals surface area contributed by atoms with Crippen molar-refractivity contribution < 1.29 is 22.3 Å². The fourth-order valence-corrected chi connectivity index (χ4v) is 2.96. The zero-order valence-electron chi connectivity index (χ0n) is 13.0. The number of hydrogen-bond donors (Lipinski definition) is 1. The lowest BCUT2D eigenvalue weighted by atomic mass is 10.3. The standard InChI is InChI=1S/C16H18FNO4S/c1-11(2)22-16-8-7-14(10-15(16)17)23(19,20)18-12-5-4-6-13(9-12)21-3/h4-11,18H,1-3H3. The van der Waals surface area contributed by atoms with E-state index in [0.717, 1.165) is 6.07 Å². The zero-order chi connectivity index (χ0) is 17.0. The third kappa shape index (κ3) is 4.35. The van der Waals surface area contributed by atoms with Crippen molar-refractivity contribution in [3.63, 3.8) is 0 Å². The molecule has 0 amide bonds. The van der Waals surface area contributed by atoms with Crippen LogP contribution in [0.5, 0.6) is 11.5 Å². The second kappa shape index (κ2) is 6.87. The molecule has 23 heavy (non-hydrogen) atoms. The molecule has 0 aliphatic rings. The van der Waals surface area contributed by atoms with Crippen LogP contribution < -0.4 is 14.2 Å². The molecule has 2 aromatic rings. The van der Waals surface area contributed by atoms with Crippen LogP contribution in [0.4, 0.5) is 10.1 Å². The Balaban J connectivity index is 2.27. The smallest absolute Gasteiger partial charge is 0.262 e. The summed E-state index contributed by atoms with van der Waals surface area (Å²) in [6, 6.07) is 9.97. The van der Waals surface area contributed by atoms with Crippen molar-refractivity contribution in [3.05, 3.63) is 48.3 Å². The van der Waals surface area contributed by atoms with Crippen molar-refractivity contribution >= 4 is 15.7 Å². The summed E-state index contributed by atoms with van der Waals surface area (Å²) in [6.07, 6.45) is -0.207. The lowest BCUT2D eigenvalue weighted by Gasteiger charge is -2.13. The van der Waals surface area contributed by atoms with Crippen LogP contribution in [0.25, 0.3) is 0 Å². The molecule has 0 heterocycles. The molecule has 0 spiro atoms. The first kappa shape index (κ1) is 17.1. The molecule has 7 heteroatoms. The molecule has 0 aromatic heterocycles. The number of methoxy groups -OCH3 is 1. The van der Waals surface area contributed by atoms with Gasteiger partial charge in [-0.15, -0.1) is 0 Å². The Kier molecular flexibility index (Phi) is 5.10. The molecule has 1 N–H and O–H groups in total. The van der Waals surface area contributed by atoms with Crippen LogP contribution in [0.3, 0.4) is 0 Å². The van der Waals surface area contributed by atoms with Gasteiger partial charge in [0, 0.05) is 6.07 Å². The molecule has 0 fully saturated rings. The van der Waals surface area contributed by atoms with Crippen molar-refractivity contribution in [2.75, 3.05) is 11.8 Å². The van der Waals surface area contributed by atoms with E-state index in [9.17, 15) is 12.8 Å². The topological polar surface area (TPSA) is 64.6 Å². The second-order valence-electron chi connectivity index (χ2n) is 5.10. The van der Waals surface area contributed by atoms with Gasteiger partial charge >= 0.3 is 0 Å². The molecule has 0 saturated heterocycles. The molecule has 0 atom stereocenters. The minimum absolute atomic E-state index is 0.0142. The van der Waals surface area contributed by atoms with E-state index in [4.69, 9.17) is 9.47 Å². The third-order valence-corrected chi connectivity index (χ3v) is 4.28. The molecule has 0 saturated carbocycles. The van der Waals surface area contributed by atoms with Crippen LogP contribution in [0, 0.1) is 5.82 Å². The maximum Gasteiger partial charge on any atom is 0.262 e. The van der Waals surface area contributed by atoms with E-state index in [-0.39, 0.29) is 16.7 Å². The van der Waals surface area contributed by atoms with Gasteiger partial charge in [-0.05, 0) is 44.2 Å². The normalized spacial score (nSPS) is 11.3. The Hall–Kier alpha value is -2.28. The molecule has 5 nitrogen and oxygen atoms in total. The van der Waals surface area contributed by atoms with Crippen molar-refractivity contribution in [2.45, 2.75) is 24.8 Å². The Bertz CT molecular complexity index is 790. The number of ether oxygens (including phenoxy) is 2. The number of nitrogens with one attached hydrogen (secondary N) is 1. The molecule has 0 aliphatic heterocycles. The van der Waals surface area contributed by atoms with Gasteiger partial charge in [-0.2, -0.15) is 0 Å². The number of benzene rings is 2. The van der Waals surface area contributed by atoms with Gasteiger partial charge in [0.1, 0.15) is 5.75 Å². The molecular weight excluding hydrogens is 321 g/mol. The van der Waals surface area contributed by atoms with Crippen molar-refractivity contribution in [2.24, 2.45) is 0 Å². The van der Waals surface area contributed by atoms with Gasteiger partial charge in [0.2, 0.25) is 0 Å². The summed E-state index contributed by atoms with van der Waals surface area (Å²) in [4.78, 5) is -0.186. The van der Waals surface area contributed by atoms with E-state index in [2.05, 4.69) is 4.72 Å². The van der Waals surface area contributed by atoms with Gasteiger partial charge in [0.15, 0.2) is 11.6 Å². The summed E-state index contributed by atoms with van der Waals surface area (Å²) in [7, 11) is -2.42. The van der Waals surface area contributed by atoms with Gasteiger partial charge < -0.3 is 9.47 Å². The minimum atomic E-state index is -3.91. The highest BCUT2D eigenvalue weighted by Crippen LogP contribution is 2.25. The third-order valence-electron chi connectivity index (χ3n) is 2.90. The largest absolute Gasteiger partial charge is 0.497 e. The Morgan fingerprint density at radius 3 is 2.48 bits per heavy atom. The van der Waals surface area contributed by atoms with Gasteiger partial charge in [-0.1, -0.05) is 6.07 Å². The van der Waals surface area contributed by atoms with Crippen molar-refractivity contribution in [1.82, 2.24) is 0 Å². The van der Waals surface area contributed by atoms with Gasteiger partial charge in [0.25, 0.3) is 10.0 Å². The van der Waals surface area contributed by atoms with E-state index in [1.165, 1.54) is 25.3 Å². The van der Waals surface area contributed by atoms with Crippen molar-refractivity contribution in [1.29, 1.82) is 0 Å². The molecule has 0 unspecified atom stereocenters. The zero-order valence-corrected chi connectivity index (χ0v) is 13.9. The van der Waals surface area contributed by atoms with Crippen molar-refractivity contribution in [3.8, 4) is 11.5 Å². The number of sulfonamides is 1. The molecule has 0 radical (unpaired) electrons. The number of halogens is 1. The summed E-state index contributed by atoms with van der Waals surface area (Å²) >= 11 is 0. The molecule has 124 valence electrons. The first-order valence-corrected chi connectivity index (χ1v) is 8.43. The predicted octanol–water partition coefficient (Wildman–Crippen LogP) is 3.42. The summed E-state index contributed by atoms with van der Waals surface area (Å²) in [5.41, 5.74) is 0.326. The molecule has 2 aromatic carbocycles. The highest BCUT2D eigenvalue weighted by atomic mass is 32.2. The SMILES string of the molecule is COc1cccc(NS(=O)(=O)c2ccc(OC(C)C)c(F)c2)c1. The molecule has 0 bridgehead atoms. The van der Waals surface area contributed by atoms with Crippen LogP contribution in [0.1, 0.15) is 13.8 Å². The van der Waals surface area contributed by atoms with E-state index >= 15 is 0 Å². The van der Waals surface area contributed by atoms with E-state index in [0.29, 0.717) is 11.4 Å².